The van der Waals surface area contributed by atoms with Gasteiger partial charge in [0, 0.05) is 12.0 Å². The summed E-state index contributed by atoms with van der Waals surface area (Å²) in [7, 11) is 0. The molecule has 0 bridgehead atoms. The molecular weight excluding hydrogens is 260 g/mol. The number of hydrogen-bond acceptors (Lipinski definition) is 5. The number of carbonyl (C=O) groups excluding carboxylic acids is 2. The molecular formula is C15H18O5. The highest BCUT2D eigenvalue weighted by atomic mass is 16.6. The van der Waals surface area contributed by atoms with E-state index in [0.717, 1.165) is 5.57 Å². The van der Waals surface area contributed by atoms with Crippen LogP contribution < -0.4 is 0 Å². The van der Waals surface area contributed by atoms with Gasteiger partial charge in [0.2, 0.25) is 0 Å². The van der Waals surface area contributed by atoms with E-state index in [9.17, 15) is 19.8 Å². The monoisotopic (exact) mass is 278 g/mol. The topological polar surface area (TPSA) is 83.8 Å². The van der Waals surface area contributed by atoms with Crippen LogP contribution in [0.1, 0.15) is 19.3 Å². The van der Waals surface area contributed by atoms with E-state index in [1.54, 1.807) is 12.2 Å². The van der Waals surface area contributed by atoms with Crippen LogP contribution in [0.5, 0.6) is 0 Å². The molecule has 1 heterocycles. The normalized spacial score (nSPS) is 31.0. The molecule has 5 nitrogen and oxygen atoms in total. The number of aliphatic hydroxyl groups is 2. The smallest absolute Gasteiger partial charge is 0.334 e. The molecule has 3 unspecified atom stereocenters. The highest BCUT2D eigenvalue weighted by Crippen LogP contribution is 2.34. The number of hydrogen-bond donors (Lipinski definition) is 2. The predicted molar refractivity (Wildman–Crippen MR) is 71.7 cm³/mol. The van der Waals surface area contributed by atoms with Gasteiger partial charge in [-0.1, -0.05) is 12.7 Å². The minimum Gasteiger partial charge on any atom is -0.454 e. The van der Waals surface area contributed by atoms with E-state index < -0.39 is 24.1 Å². The summed E-state index contributed by atoms with van der Waals surface area (Å²) < 4.78 is 5.19. The molecule has 1 saturated heterocycles. The zero-order chi connectivity index (χ0) is 14.7. The van der Waals surface area contributed by atoms with Crippen molar-refractivity contribution in [2.75, 3.05) is 6.61 Å². The standard InChI is InChI=1S/C15H18O5/c1-9-14-12(18)5-10(7-16)3-2-4-11(8-17)6-13(14)20-15(9)19/h3,6-7,12-14,17-18H,1-2,4-5,8H2. The van der Waals surface area contributed by atoms with E-state index in [0.29, 0.717) is 24.7 Å². The molecule has 1 fully saturated rings. The second kappa shape index (κ2) is 6.15. The van der Waals surface area contributed by atoms with Crippen molar-refractivity contribution >= 4 is 12.3 Å². The Balaban J connectivity index is 2.36. The highest BCUT2D eigenvalue weighted by Gasteiger charge is 2.42. The second-order valence-electron chi connectivity index (χ2n) is 5.11. The Morgan fingerprint density at radius 1 is 1.50 bits per heavy atom. The number of aliphatic hydroxyl groups excluding tert-OH is 2. The molecule has 0 radical (unpaired) electrons. The van der Waals surface area contributed by atoms with Crippen LogP contribution in [0.15, 0.2) is 35.5 Å². The molecule has 2 N–H and O–H groups in total. The van der Waals surface area contributed by atoms with Crippen molar-refractivity contribution in [3.05, 3.63) is 35.5 Å². The summed E-state index contributed by atoms with van der Waals surface area (Å²) in [6.07, 6.45) is 3.95. The Morgan fingerprint density at radius 3 is 2.90 bits per heavy atom. The number of allylic oxidation sites excluding steroid dienone is 1. The molecule has 2 aliphatic rings. The molecule has 1 aliphatic heterocycles. The molecule has 0 aromatic rings. The van der Waals surface area contributed by atoms with E-state index in [2.05, 4.69) is 6.58 Å². The largest absolute Gasteiger partial charge is 0.454 e. The number of fused-ring (bicyclic) bond motifs is 1. The van der Waals surface area contributed by atoms with Gasteiger partial charge in [0.15, 0.2) is 0 Å². The van der Waals surface area contributed by atoms with Crippen molar-refractivity contribution in [3.8, 4) is 0 Å². The summed E-state index contributed by atoms with van der Waals surface area (Å²) >= 11 is 0. The summed E-state index contributed by atoms with van der Waals surface area (Å²) in [6, 6.07) is 0. The Hall–Kier alpha value is -1.72. The van der Waals surface area contributed by atoms with Crippen molar-refractivity contribution < 1.29 is 24.5 Å². The van der Waals surface area contributed by atoms with Gasteiger partial charge in [-0.25, -0.2) is 4.79 Å². The van der Waals surface area contributed by atoms with Gasteiger partial charge < -0.3 is 14.9 Å². The highest BCUT2D eigenvalue weighted by molar-refractivity contribution is 5.91. The fraction of sp³-hybridized carbons (Fsp3) is 0.467. The lowest BCUT2D eigenvalue weighted by atomic mass is 9.85. The lowest BCUT2D eigenvalue weighted by molar-refractivity contribution is -0.137. The van der Waals surface area contributed by atoms with E-state index in [4.69, 9.17) is 4.74 Å². The quantitative estimate of drug-likeness (QED) is 0.336. The maximum Gasteiger partial charge on any atom is 0.334 e. The fourth-order valence-corrected chi connectivity index (χ4v) is 2.63. The van der Waals surface area contributed by atoms with Crippen molar-refractivity contribution in [2.45, 2.75) is 31.5 Å². The molecule has 5 heteroatoms. The third-order valence-electron chi connectivity index (χ3n) is 3.75. The first-order valence-corrected chi connectivity index (χ1v) is 6.59. The lowest BCUT2D eigenvalue weighted by Crippen LogP contribution is -2.29. The van der Waals surface area contributed by atoms with Crippen LogP contribution in [0.3, 0.4) is 0 Å². The molecule has 0 aromatic carbocycles. The number of esters is 1. The third-order valence-corrected chi connectivity index (χ3v) is 3.75. The van der Waals surface area contributed by atoms with Gasteiger partial charge in [-0.15, -0.1) is 0 Å². The number of ether oxygens (including phenoxy) is 1. The Labute approximate surface area is 117 Å². The first-order chi connectivity index (χ1) is 9.56. The molecule has 0 amide bonds. The number of aldehydes is 1. The lowest BCUT2D eigenvalue weighted by Gasteiger charge is -2.22. The zero-order valence-electron chi connectivity index (χ0n) is 11.1. The Kier molecular flexibility index (Phi) is 4.52. The molecule has 1 aliphatic carbocycles. The van der Waals surface area contributed by atoms with Crippen molar-refractivity contribution in [1.29, 1.82) is 0 Å². The molecule has 108 valence electrons. The van der Waals surface area contributed by atoms with Gasteiger partial charge in [-0.2, -0.15) is 0 Å². The van der Waals surface area contributed by atoms with E-state index >= 15 is 0 Å². The SMILES string of the molecule is C=C1C(=O)OC2C=C(CO)CCC=C(C=O)CC(O)C12. The van der Waals surface area contributed by atoms with Crippen LogP contribution in [0.4, 0.5) is 0 Å². The first-order valence-electron chi connectivity index (χ1n) is 6.59. The Bertz CT molecular complexity index is 488. The van der Waals surface area contributed by atoms with Crippen molar-refractivity contribution in [2.24, 2.45) is 5.92 Å². The van der Waals surface area contributed by atoms with E-state index in [1.165, 1.54) is 0 Å². The third kappa shape index (κ3) is 2.89. The van der Waals surface area contributed by atoms with Gasteiger partial charge >= 0.3 is 5.97 Å². The predicted octanol–water partition coefficient (Wildman–Crippen LogP) is 0.673. The summed E-state index contributed by atoms with van der Waals surface area (Å²) in [5, 5.41) is 19.6. The van der Waals surface area contributed by atoms with E-state index in [-0.39, 0.29) is 18.6 Å². The fourth-order valence-electron chi connectivity index (χ4n) is 2.63. The van der Waals surface area contributed by atoms with Gasteiger partial charge in [0.05, 0.1) is 18.6 Å². The van der Waals surface area contributed by atoms with Crippen LogP contribution in [-0.4, -0.2) is 41.3 Å². The Morgan fingerprint density at radius 2 is 2.25 bits per heavy atom. The van der Waals surface area contributed by atoms with Gasteiger partial charge in [-0.3, -0.25) is 4.79 Å². The maximum absolute atomic E-state index is 11.6. The summed E-state index contributed by atoms with van der Waals surface area (Å²) in [5.41, 5.74) is 1.42. The van der Waals surface area contributed by atoms with Gasteiger partial charge in [0.25, 0.3) is 0 Å². The molecule has 20 heavy (non-hydrogen) atoms. The van der Waals surface area contributed by atoms with Crippen LogP contribution in [-0.2, 0) is 14.3 Å². The number of carbonyl (C=O) groups is 2. The summed E-state index contributed by atoms with van der Waals surface area (Å²) in [4.78, 5) is 22.6. The maximum atomic E-state index is 11.6. The molecule has 2 rings (SSSR count). The average Bonchev–Trinajstić information content (AvgIpc) is 2.71. The van der Waals surface area contributed by atoms with Crippen LogP contribution >= 0.6 is 0 Å². The van der Waals surface area contributed by atoms with E-state index in [1.807, 2.05) is 0 Å². The van der Waals surface area contributed by atoms with Gasteiger partial charge in [-0.05, 0) is 30.1 Å². The van der Waals surface area contributed by atoms with Crippen LogP contribution in [0.25, 0.3) is 0 Å². The van der Waals surface area contributed by atoms with Gasteiger partial charge in [0.1, 0.15) is 12.4 Å². The number of rotatable bonds is 2. The molecule has 0 spiro atoms. The molecule has 0 saturated carbocycles. The van der Waals surface area contributed by atoms with Crippen LogP contribution in [0.2, 0.25) is 0 Å². The minimum absolute atomic E-state index is 0.145. The average molecular weight is 278 g/mol. The second-order valence-corrected chi connectivity index (χ2v) is 5.11. The molecule has 3 atom stereocenters. The summed E-state index contributed by atoms with van der Waals surface area (Å²) in [5.74, 6) is -1.12. The minimum atomic E-state index is -0.912. The zero-order valence-corrected chi connectivity index (χ0v) is 11.1. The summed E-state index contributed by atoms with van der Waals surface area (Å²) in [6.45, 7) is 3.52. The molecule has 0 aromatic heterocycles. The van der Waals surface area contributed by atoms with Crippen molar-refractivity contribution in [1.82, 2.24) is 0 Å². The van der Waals surface area contributed by atoms with Crippen molar-refractivity contribution in [3.63, 3.8) is 0 Å². The first kappa shape index (κ1) is 14.7. The van der Waals surface area contributed by atoms with Crippen LogP contribution in [0, 0.1) is 5.92 Å².